The lowest BCUT2D eigenvalue weighted by Crippen LogP contribution is -2.32. The number of aryl methyl sites for hydroxylation is 1. The molecule has 2 unspecified atom stereocenters. The molecular weight excluding hydrogens is 215 g/mol. The summed E-state index contributed by atoms with van der Waals surface area (Å²) in [4.78, 5) is 0. The lowest BCUT2D eigenvalue weighted by molar-refractivity contribution is -0.0617. The van der Waals surface area contributed by atoms with Gasteiger partial charge in [-0.25, -0.2) is 4.39 Å². The molecule has 1 aliphatic heterocycles. The van der Waals surface area contributed by atoms with Crippen molar-refractivity contribution in [1.82, 2.24) is 0 Å². The Labute approximate surface area is 102 Å². The summed E-state index contributed by atoms with van der Waals surface area (Å²) in [5.74, 6) is 1.23. The van der Waals surface area contributed by atoms with Gasteiger partial charge in [0.15, 0.2) is 0 Å². The average molecular weight is 234 g/mol. The van der Waals surface area contributed by atoms with E-state index in [4.69, 9.17) is 4.74 Å². The van der Waals surface area contributed by atoms with E-state index in [1.54, 1.807) is 0 Å². The molecule has 0 N–H and O–H groups in total. The van der Waals surface area contributed by atoms with Crippen LogP contribution in [-0.4, -0.2) is 6.61 Å². The Morgan fingerprint density at radius 3 is 3.00 bits per heavy atom. The maximum atomic E-state index is 14.1. The highest BCUT2D eigenvalue weighted by Crippen LogP contribution is 2.44. The molecule has 1 aromatic rings. The summed E-state index contributed by atoms with van der Waals surface area (Å²) in [6.45, 7) is 4.89. The number of rotatable bonds is 0. The van der Waals surface area contributed by atoms with Crippen LogP contribution < -0.4 is 0 Å². The molecule has 2 aliphatic rings. The van der Waals surface area contributed by atoms with Crippen molar-refractivity contribution in [3.8, 4) is 0 Å². The Kier molecular flexibility index (Phi) is 2.70. The quantitative estimate of drug-likeness (QED) is 0.663. The maximum Gasteiger partial charge on any atom is 0.129 e. The molecule has 0 spiro atoms. The first-order valence-electron chi connectivity index (χ1n) is 6.56. The van der Waals surface area contributed by atoms with E-state index in [0.717, 1.165) is 36.1 Å². The van der Waals surface area contributed by atoms with Crippen LogP contribution in [-0.2, 0) is 11.2 Å². The summed E-state index contributed by atoms with van der Waals surface area (Å²) in [6.07, 6.45) is 3.31. The Morgan fingerprint density at radius 1 is 1.35 bits per heavy atom. The zero-order valence-electron chi connectivity index (χ0n) is 10.5. The summed E-state index contributed by atoms with van der Waals surface area (Å²) >= 11 is 0. The van der Waals surface area contributed by atoms with Crippen molar-refractivity contribution in [3.63, 3.8) is 0 Å². The van der Waals surface area contributed by atoms with Crippen LogP contribution in [0.2, 0.25) is 0 Å². The first-order chi connectivity index (χ1) is 8.16. The molecule has 1 heterocycles. The van der Waals surface area contributed by atoms with Crippen molar-refractivity contribution in [2.24, 2.45) is 11.8 Å². The third-order valence-corrected chi connectivity index (χ3v) is 4.24. The molecule has 1 aromatic carbocycles. The van der Waals surface area contributed by atoms with Crippen molar-refractivity contribution in [3.05, 3.63) is 34.6 Å². The second-order valence-electron chi connectivity index (χ2n) is 5.66. The van der Waals surface area contributed by atoms with E-state index in [1.807, 2.05) is 13.0 Å². The minimum Gasteiger partial charge on any atom is -0.373 e. The number of benzene rings is 1. The van der Waals surface area contributed by atoms with Gasteiger partial charge in [0.05, 0.1) is 6.10 Å². The highest BCUT2D eigenvalue weighted by Gasteiger charge is 2.36. The fourth-order valence-electron chi connectivity index (χ4n) is 3.33. The topological polar surface area (TPSA) is 9.23 Å². The second-order valence-corrected chi connectivity index (χ2v) is 5.66. The molecular formula is C15H19FO. The fraction of sp³-hybridized carbons (Fsp3) is 0.600. The molecule has 1 fully saturated rings. The lowest BCUT2D eigenvalue weighted by atomic mass is 9.75. The van der Waals surface area contributed by atoms with Gasteiger partial charge in [0.2, 0.25) is 0 Å². The molecule has 0 bridgehead atoms. The molecule has 3 rings (SSSR count). The van der Waals surface area contributed by atoms with Crippen LogP contribution in [0.4, 0.5) is 4.39 Å². The fourth-order valence-corrected chi connectivity index (χ4v) is 3.33. The molecule has 0 radical (unpaired) electrons. The molecule has 2 heteroatoms. The lowest BCUT2D eigenvalue weighted by Gasteiger charge is -2.39. The number of ether oxygens (including phenoxy) is 1. The largest absolute Gasteiger partial charge is 0.373 e. The van der Waals surface area contributed by atoms with E-state index < -0.39 is 0 Å². The summed E-state index contributed by atoms with van der Waals surface area (Å²) in [5.41, 5.74) is 2.77. The molecule has 1 saturated heterocycles. The highest BCUT2D eigenvalue weighted by molar-refractivity contribution is 5.37. The smallest absolute Gasteiger partial charge is 0.129 e. The first kappa shape index (κ1) is 11.2. The van der Waals surface area contributed by atoms with Crippen molar-refractivity contribution in [2.45, 2.75) is 39.2 Å². The van der Waals surface area contributed by atoms with Crippen LogP contribution >= 0.6 is 0 Å². The summed E-state index contributed by atoms with van der Waals surface area (Å²) in [5, 5.41) is 0. The van der Waals surface area contributed by atoms with E-state index in [-0.39, 0.29) is 11.9 Å². The zero-order chi connectivity index (χ0) is 12.0. The van der Waals surface area contributed by atoms with Gasteiger partial charge in [-0.05, 0) is 54.7 Å². The molecule has 0 saturated carbocycles. The second kappa shape index (κ2) is 4.09. The van der Waals surface area contributed by atoms with E-state index in [0.29, 0.717) is 11.8 Å². The zero-order valence-corrected chi connectivity index (χ0v) is 10.5. The van der Waals surface area contributed by atoms with Gasteiger partial charge in [-0.3, -0.25) is 0 Å². The monoisotopic (exact) mass is 234 g/mol. The summed E-state index contributed by atoms with van der Waals surface area (Å²) in [7, 11) is 0. The minimum atomic E-state index is -0.0110. The maximum absolute atomic E-state index is 14.1. The Balaban J connectivity index is 2.00. The molecule has 1 aliphatic carbocycles. The molecule has 17 heavy (non-hydrogen) atoms. The number of hydrogen-bond acceptors (Lipinski definition) is 1. The Morgan fingerprint density at radius 2 is 2.18 bits per heavy atom. The molecule has 1 nitrogen and oxygen atoms in total. The van der Waals surface area contributed by atoms with Crippen LogP contribution in [0.25, 0.3) is 0 Å². The normalized spacial score (nSPS) is 31.8. The predicted octanol–water partition coefficient (Wildman–Crippen LogP) is 3.79. The van der Waals surface area contributed by atoms with Crippen LogP contribution in [0, 0.1) is 24.6 Å². The van der Waals surface area contributed by atoms with Gasteiger partial charge in [-0.15, -0.1) is 0 Å². The summed E-state index contributed by atoms with van der Waals surface area (Å²) in [6, 6.07) is 3.96. The highest BCUT2D eigenvalue weighted by atomic mass is 19.1. The average Bonchev–Trinajstić information content (AvgIpc) is 2.33. The Hall–Kier alpha value is -0.890. The predicted molar refractivity (Wildman–Crippen MR) is 65.4 cm³/mol. The van der Waals surface area contributed by atoms with E-state index >= 15 is 0 Å². The van der Waals surface area contributed by atoms with Crippen LogP contribution in [0.15, 0.2) is 12.1 Å². The van der Waals surface area contributed by atoms with Crippen LogP contribution in [0.1, 0.15) is 42.6 Å². The van der Waals surface area contributed by atoms with E-state index in [1.165, 1.54) is 6.42 Å². The van der Waals surface area contributed by atoms with Gasteiger partial charge < -0.3 is 4.74 Å². The van der Waals surface area contributed by atoms with E-state index in [9.17, 15) is 4.39 Å². The van der Waals surface area contributed by atoms with Crippen LogP contribution in [0.5, 0.6) is 0 Å². The standard InChI is InChI=1S/C15H19FO/c1-9-7-11-4-6-12-13(15(11)17-8-9)5-3-10(2)14(12)16/h3,5,9,11,15H,4,6-8H2,1-2H3/t9?,11?,15-/m0/s1. The van der Waals surface area contributed by atoms with Gasteiger partial charge in [0.25, 0.3) is 0 Å². The summed E-state index contributed by atoms with van der Waals surface area (Å²) < 4.78 is 20.0. The van der Waals surface area contributed by atoms with Crippen LogP contribution in [0.3, 0.4) is 0 Å². The van der Waals surface area contributed by atoms with Crippen molar-refractivity contribution >= 4 is 0 Å². The van der Waals surface area contributed by atoms with Gasteiger partial charge in [-0.1, -0.05) is 19.1 Å². The van der Waals surface area contributed by atoms with Gasteiger partial charge in [-0.2, -0.15) is 0 Å². The third kappa shape index (κ3) is 1.79. The van der Waals surface area contributed by atoms with E-state index in [2.05, 4.69) is 13.0 Å². The molecule has 0 amide bonds. The van der Waals surface area contributed by atoms with Gasteiger partial charge in [0, 0.05) is 6.61 Å². The minimum absolute atomic E-state index is 0.0110. The number of fused-ring (bicyclic) bond motifs is 3. The molecule has 0 aromatic heterocycles. The number of hydrogen-bond donors (Lipinski definition) is 0. The van der Waals surface area contributed by atoms with Crippen molar-refractivity contribution < 1.29 is 9.13 Å². The van der Waals surface area contributed by atoms with Crippen molar-refractivity contribution in [1.29, 1.82) is 0 Å². The third-order valence-electron chi connectivity index (χ3n) is 4.24. The molecule has 3 atom stereocenters. The Bertz CT molecular complexity index is 441. The SMILES string of the molecule is Cc1ccc2c(c1F)CCC1CC(C)CO[C@H]21. The van der Waals surface area contributed by atoms with Crippen molar-refractivity contribution in [2.75, 3.05) is 6.61 Å². The first-order valence-corrected chi connectivity index (χ1v) is 6.56. The number of halogens is 1. The van der Waals surface area contributed by atoms with Gasteiger partial charge >= 0.3 is 0 Å². The van der Waals surface area contributed by atoms with Gasteiger partial charge in [0.1, 0.15) is 5.82 Å². The molecule has 92 valence electrons.